The number of carbonyl (C=O) groups excluding carboxylic acids is 1. The molecule has 2 atom stereocenters. The van der Waals surface area contributed by atoms with Gasteiger partial charge >= 0.3 is 0 Å². The lowest BCUT2D eigenvalue weighted by atomic mass is 10.0. The van der Waals surface area contributed by atoms with Crippen molar-refractivity contribution in [2.24, 2.45) is 5.92 Å². The fourth-order valence-corrected chi connectivity index (χ4v) is 2.29. The zero-order chi connectivity index (χ0) is 15.8. The van der Waals surface area contributed by atoms with Crippen LogP contribution in [0.2, 0.25) is 0 Å². The van der Waals surface area contributed by atoms with E-state index in [0.717, 1.165) is 19.4 Å². The van der Waals surface area contributed by atoms with Gasteiger partial charge in [0, 0.05) is 12.6 Å². The Balaban J connectivity index is 2.32. The summed E-state index contributed by atoms with van der Waals surface area (Å²) in [6.45, 7) is 11.1. The summed E-state index contributed by atoms with van der Waals surface area (Å²) in [5.74, 6) is 0.575. The van der Waals surface area contributed by atoms with Crippen LogP contribution in [-0.4, -0.2) is 24.5 Å². The van der Waals surface area contributed by atoms with Crippen molar-refractivity contribution in [3.63, 3.8) is 0 Å². The Morgan fingerprint density at radius 3 is 2.52 bits per heavy atom. The Morgan fingerprint density at radius 1 is 1.19 bits per heavy atom. The highest BCUT2D eigenvalue weighted by atomic mass is 16.2. The number of aryl methyl sites for hydroxylation is 2. The molecule has 2 unspecified atom stereocenters. The number of rotatable bonds is 8. The van der Waals surface area contributed by atoms with Crippen LogP contribution < -0.4 is 10.6 Å². The minimum atomic E-state index is -0.142. The first-order valence-electron chi connectivity index (χ1n) is 7.97. The molecule has 0 aliphatic carbocycles. The topological polar surface area (TPSA) is 41.1 Å². The van der Waals surface area contributed by atoms with Crippen molar-refractivity contribution >= 4 is 5.91 Å². The van der Waals surface area contributed by atoms with E-state index in [1.165, 1.54) is 11.1 Å². The Bertz CT molecular complexity index is 443. The predicted molar refractivity (Wildman–Crippen MR) is 89.4 cm³/mol. The SMILES string of the molecule is Cc1cccc(CCC(C)NC(C)C(=O)NCC(C)C)c1. The fourth-order valence-electron chi connectivity index (χ4n) is 2.29. The smallest absolute Gasteiger partial charge is 0.236 e. The van der Waals surface area contributed by atoms with Gasteiger partial charge in [0.25, 0.3) is 0 Å². The van der Waals surface area contributed by atoms with Crippen molar-refractivity contribution < 1.29 is 4.79 Å². The number of hydrogen-bond acceptors (Lipinski definition) is 2. The van der Waals surface area contributed by atoms with Crippen LogP contribution in [0.5, 0.6) is 0 Å². The lowest BCUT2D eigenvalue weighted by molar-refractivity contribution is -0.123. The van der Waals surface area contributed by atoms with E-state index in [1.807, 2.05) is 6.92 Å². The molecule has 3 heteroatoms. The minimum Gasteiger partial charge on any atom is -0.354 e. The highest BCUT2D eigenvalue weighted by molar-refractivity contribution is 5.81. The van der Waals surface area contributed by atoms with Crippen molar-refractivity contribution in [1.29, 1.82) is 0 Å². The molecule has 0 aliphatic heterocycles. The Morgan fingerprint density at radius 2 is 1.90 bits per heavy atom. The third kappa shape index (κ3) is 7.28. The maximum absolute atomic E-state index is 11.9. The Kier molecular flexibility index (Phi) is 7.44. The number of nitrogens with one attached hydrogen (secondary N) is 2. The lowest BCUT2D eigenvalue weighted by Gasteiger charge is -2.20. The molecule has 0 aliphatic rings. The quantitative estimate of drug-likeness (QED) is 0.772. The molecule has 3 nitrogen and oxygen atoms in total. The Hall–Kier alpha value is -1.35. The van der Waals surface area contributed by atoms with Crippen LogP contribution in [0.3, 0.4) is 0 Å². The van der Waals surface area contributed by atoms with Crippen LogP contribution in [0.4, 0.5) is 0 Å². The number of amides is 1. The highest BCUT2D eigenvalue weighted by Gasteiger charge is 2.15. The molecule has 1 amide bonds. The molecule has 1 aromatic rings. The van der Waals surface area contributed by atoms with E-state index in [0.29, 0.717) is 12.0 Å². The van der Waals surface area contributed by atoms with Gasteiger partial charge in [0.1, 0.15) is 0 Å². The van der Waals surface area contributed by atoms with Gasteiger partial charge in [0.2, 0.25) is 5.91 Å². The van der Waals surface area contributed by atoms with Gasteiger partial charge < -0.3 is 10.6 Å². The van der Waals surface area contributed by atoms with E-state index in [9.17, 15) is 4.79 Å². The van der Waals surface area contributed by atoms with Gasteiger partial charge in [-0.3, -0.25) is 4.79 Å². The molecule has 21 heavy (non-hydrogen) atoms. The standard InChI is InChI=1S/C18H30N2O/c1-13(2)12-19-18(21)16(5)20-15(4)9-10-17-8-6-7-14(3)11-17/h6-8,11,13,15-16,20H,9-10,12H2,1-5H3,(H,19,21). The van der Waals surface area contributed by atoms with Crippen molar-refractivity contribution in [2.45, 2.75) is 59.5 Å². The van der Waals surface area contributed by atoms with Crippen LogP contribution in [0.25, 0.3) is 0 Å². The van der Waals surface area contributed by atoms with Crippen LogP contribution in [0.15, 0.2) is 24.3 Å². The van der Waals surface area contributed by atoms with E-state index in [-0.39, 0.29) is 11.9 Å². The van der Waals surface area contributed by atoms with Gasteiger partial charge in [-0.2, -0.15) is 0 Å². The first-order valence-corrected chi connectivity index (χ1v) is 7.97. The fraction of sp³-hybridized carbons (Fsp3) is 0.611. The van der Waals surface area contributed by atoms with Gasteiger partial charge in [0.05, 0.1) is 6.04 Å². The molecule has 0 saturated heterocycles. The van der Waals surface area contributed by atoms with Crippen LogP contribution in [0.1, 0.15) is 45.2 Å². The highest BCUT2D eigenvalue weighted by Crippen LogP contribution is 2.08. The summed E-state index contributed by atoms with van der Waals surface area (Å²) < 4.78 is 0. The predicted octanol–water partition coefficient (Wildman–Crippen LogP) is 3.07. The zero-order valence-electron chi connectivity index (χ0n) is 14.1. The minimum absolute atomic E-state index is 0.0890. The normalized spacial score (nSPS) is 14.0. The van der Waals surface area contributed by atoms with Crippen molar-refractivity contribution in [1.82, 2.24) is 10.6 Å². The van der Waals surface area contributed by atoms with Crippen molar-refractivity contribution in [3.05, 3.63) is 35.4 Å². The maximum Gasteiger partial charge on any atom is 0.236 e. The number of hydrogen-bond donors (Lipinski definition) is 2. The summed E-state index contributed by atoms with van der Waals surface area (Å²) in [6.07, 6.45) is 2.07. The third-order valence-corrected chi connectivity index (χ3v) is 3.56. The molecule has 1 aromatic carbocycles. The molecule has 2 N–H and O–H groups in total. The number of carbonyl (C=O) groups is 1. The van der Waals surface area contributed by atoms with Gasteiger partial charge in [-0.05, 0) is 45.1 Å². The van der Waals surface area contributed by atoms with Crippen LogP contribution in [-0.2, 0) is 11.2 Å². The summed E-state index contributed by atoms with van der Waals surface area (Å²) >= 11 is 0. The third-order valence-electron chi connectivity index (χ3n) is 3.56. The first kappa shape index (κ1) is 17.7. The molecule has 0 bridgehead atoms. The molecule has 0 fully saturated rings. The summed E-state index contributed by atoms with van der Waals surface area (Å²) in [5, 5.41) is 6.34. The maximum atomic E-state index is 11.9. The van der Waals surface area contributed by atoms with Crippen LogP contribution in [0, 0.1) is 12.8 Å². The lowest BCUT2D eigenvalue weighted by Crippen LogP contribution is -2.46. The van der Waals surface area contributed by atoms with Crippen LogP contribution >= 0.6 is 0 Å². The molecule has 118 valence electrons. The second-order valence-corrected chi connectivity index (χ2v) is 6.46. The first-order chi connectivity index (χ1) is 9.88. The summed E-state index contributed by atoms with van der Waals surface area (Å²) in [6, 6.07) is 8.79. The van der Waals surface area contributed by atoms with E-state index in [2.05, 4.69) is 62.6 Å². The molecular weight excluding hydrogens is 260 g/mol. The number of benzene rings is 1. The van der Waals surface area contributed by atoms with E-state index in [1.54, 1.807) is 0 Å². The van der Waals surface area contributed by atoms with Gasteiger partial charge in [-0.1, -0.05) is 43.7 Å². The molecule has 1 rings (SSSR count). The molecule has 0 spiro atoms. The molecular formula is C18H30N2O. The van der Waals surface area contributed by atoms with E-state index in [4.69, 9.17) is 0 Å². The summed E-state index contributed by atoms with van der Waals surface area (Å²) in [4.78, 5) is 11.9. The van der Waals surface area contributed by atoms with Crippen molar-refractivity contribution in [2.75, 3.05) is 6.54 Å². The van der Waals surface area contributed by atoms with E-state index >= 15 is 0 Å². The largest absolute Gasteiger partial charge is 0.354 e. The second kappa shape index (κ2) is 8.83. The van der Waals surface area contributed by atoms with Crippen molar-refractivity contribution in [3.8, 4) is 0 Å². The molecule has 0 heterocycles. The van der Waals surface area contributed by atoms with Gasteiger partial charge in [0.15, 0.2) is 0 Å². The summed E-state index contributed by atoms with van der Waals surface area (Å²) in [7, 11) is 0. The average Bonchev–Trinajstić information content (AvgIpc) is 2.42. The van der Waals surface area contributed by atoms with Gasteiger partial charge in [-0.15, -0.1) is 0 Å². The average molecular weight is 290 g/mol. The van der Waals surface area contributed by atoms with E-state index < -0.39 is 0 Å². The monoisotopic (exact) mass is 290 g/mol. The second-order valence-electron chi connectivity index (χ2n) is 6.46. The summed E-state index contributed by atoms with van der Waals surface area (Å²) in [5.41, 5.74) is 2.66. The molecule has 0 saturated carbocycles. The zero-order valence-corrected chi connectivity index (χ0v) is 14.1. The Labute approximate surface area is 129 Å². The molecule has 0 aromatic heterocycles. The van der Waals surface area contributed by atoms with Gasteiger partial charge in [-0.25, -0.2) is 0 Å². The molecule has 0 radical (unpaired) electrons.